The van der Waals surface area contributed by atoms with Gasteiger partial charge in [0.1, 0.15) is 0 Å². The van der Waals surface area contributed by atoms with Crippen molar-refractivity contribution in [2.75, 3.05) is 0 Å². The van der Waals surface area contributed by atoms with Gasteiger partial charge in [0.25, 0.3) is 0 Å². The minimum Gasteiger partial charge on any atom is -0.226 e. The van der Waals surface area contributed by atoms with Crippen LogP contribution >= 0.6 is 0 Å². The first-order valence-electron chi connectivity index (χ1n) is 52.3. The number of fused-ring (bicyclic) bond motifs is 30. The predicted molar refractivity (Wildman–Crippen MR) is 613 cm³/mol. The molecule has 0 N–H and O–H groups in total. The van der Waals surface area contributed by atoms with E-state index in [9.17, 15) is 0 Å². The van der Waals surface area contributed by atoms with Gasteiger partial charge in [-0.3, -0.25) is 0 Å². The summed E-state index contributed by atoms with van der Waals surface area (Å²) in [5.41, 5.74) is 43.8. The third-order valence-electron chi connectivity index (χ3n) is 22.5. The zero-order valence-electron chi connectivity index (χ0n) is 92.2. The van der Waals surface area contributed by atoms with Crippen molar-refractivity contribution in [3.8, 4) is 89.0 Å². The Hall–Kier alpha value is -10.3. The summed E-state index contributed by atoms with van der Waals surface area (Å²) in [5, 5.41) is 0. The van der Waals surface area contributed by atoms with E-state index in [0.29, 0.717) is 0 Å². The number of hydrogen-bond donors (Lipinski definition) is 0. The van der Waals surface area contributed by atoms with Gasteiger partial charge < -0.3 is 0 Å². The molecular formula is C136H170Y2-4. The van der Waals surface area contributed by atoms with Crippen molar-refractivity contribution >= 4 is 0 Å². The molecule has 22 rings (SSSR count). The van der Waals surface area contributed by atoms with Gasteiger partial charge in [0.05, 0.1) is 16.2 Å². The zero-order valence-corrected chi connectivity index (χ0v) is 97.9. The molecule has 0 saturated carbocycles. The average Bonchev–Trinajstić information content (AvgIpc) is 1.52. The molecule has 6 aliphatic rings. The largest absolute Gasteiger partial charge is 0.226 e. The summed E-state index contributed by atoms with van der Waals surface area (Å²) in [5.74, 6) is 0. The van der Waals surface area contributed by atoms with Crippen LogP contribution < -0.4 is 0 Å². The van der Waals surface area contributed by atoms with Gasteiger partial charge in [0.2, 0.25) is 0 Å². The molecule has 0 fully saturated rings. The Morgan fingerprint density at radius 1 is 0.167 bits per heavy atom. The number of hydrogen-bond acceptors (Lipinski definition) is 0. The van der Waals surface area contributed by atoms with Crippen LogP contribution in [0.15, 0.2) is 358 Å². The van der Waals surface area contributed by atoms with Crippen LogP contribution in [0.5, 0.6) is 0 Å². The van der Waals surface area contributed by atoms with E-state index < -0.39 is 0 Å². The SMILES string of the molecule is CC.CC.CC.CC.CC.CC.CC.CC.CC.CC.CC.CC.CC.CC.CC.CC.Cc1[c-]c(-c2[c-]cccc2)ccc1.Cc1ccc2c(c1)-c1ccccc1C21c2ccccc2-c2ccccc21.Cc1ccc2c(c1)C1(c3ccccc3-c3ccccc31)c1ccccc1-2.Cc1ccc[c-]c1-c1[c-]cccc1.Cc1cccc2c1C1(c3ccccc3-c3ccccc31)c1ccccc1-2.[Y].[Y]. The van der Waals surface area contributed by atoms with E-state index in [0.717, 1.165) is 27.8 Å². The molecule has 0 saturated heterocycles. The molecule has 16 aromatic rings. The van der Waals surface area contributed by atoms with Gasteiger partial charge in [-0.25, -0.2) is 22.3 Å². The maximum absolute atomic E-state index is 3.29. The van der Waals surface area contributed by atoms with Gasteiger partial charge in [-0.05, 0) is 160 Å². The molecule has 0 aliphatic heterocycles. The summed E-state index contributed by atoms with van der Waals surface area (Å²) in [4.78, 5) is 0. The fraction of sp³-hybridized carbons (Fsp3) is 0.294. The van der Waals surface area contributed by atoms with Crippen LogP contribution in [0.25, 0.3) is 89.0 Å². The Morgan fingerprint density at radius 3 is 0.746 bits per heavy atom. The van der Waals surface area contributed by atoms with Gasteiger partial charge in [0.15, 0.2) is 0 Å². The Kier molecular flexibility index (Phi) is 64.4. The number of aryl methyl sites for hydroxylation is 5. The van der Waals surface area contributed by atoms with Crippen molar-refractivity contribution in [2.45, 2.75) is 272 Å². The van der Waals surface area contributed by atoms with Crippen LogP contribution in [-0.2, 0) is 81.7 Å². The molecule has 2 heteroatoms. The van der Waals surface area contributed by atoms with Crippen molar-refractivity contribution in [3.63, 3.8) is 0 Å². The van der Waals surface area contributed by atoms with Crippen molar-refractivity contribution in [2.24, 2.45) is 0 Å². The molecule has 16 aromatic carbocycles. The Bertz CT molecular complexity index is 5830. The fourth-order valence-electron chi connectivity index (χ4n) is 18.4. The Balaban J connectivity index is 0.00000161. The molecule has 0 atom stereocenters. The van der Waals surface area contributed by atoms with Gasteiger partial charge in [0, 0.05) is 65.4 Å². The van der Waals surface area contributed by atoms with Gasteiger partial charge >= 0.3 is 0 Å². The van der Waals surface area contributed by atoms with Crippen molar-refractivity contribution in [1.82, 2.24) is 0 Å². The normalized spacial score (nSPS) is 10.8. The summed E-state index contributed by atoms with van der Waals surface area (Å²) in [6.45, 7) is 74.8. The van der Waals surface area contributed by atoms with Crippen molar-refractivity contribution in [1.29, 1.82) is 0 Å². The first-order chi connectivity index (χ1) is 67.2. The van der Waals surface area contributed by atoms with E-state index in [1.54, 1.807) is 0 Å². The monoisotopic (exact) mass is 1980 g/mol. The first-order valence-corrected chi connectivity index (χ1v) is 52.3. The van der Waals surface area contributed by atoms with Crippen molar-refractivity contribution in [3.05, 3.63) is 477 Å². The molecule has 0 unspecified atom stereocenters. The molecule has 2 radical (unpaired) electrons. The van der Waals surface area contributed by atoms with E-state index in [2.05, 4.69) is 343 Å². The van der Waals surface area contributed by atoms with Crippen LogP contribution in [0.2, 0.25) is 0 Å². The molecule has 0 amide bonds. The van der Waals surface area contributed by atoms with E-state index in [1.807, 2.05) is 295 Å². The third-order valence-corrected chi connectivity index (χ3v) is 22.5. The fourth-order valence-corrected chi connectivity index (χ4v) is 18.4. The summed E-state index contributed by atoms with van der Waals surface area (Å²) in [7, 11) is 0. The maximum Gasteiger partial charge on any atom is 0.0728 e. The summed E-state index contributed by atoms with van der Waals surface area (Å²) >= 11 is 0. The molecule has 3 spiro atoms. The third kappa shape index (κ3) is 26.9. The van der Waals surface area contributed by atoms with Gasteiger partial charge in [-0.2, -0.15) is 90.5 Å². The molecule has 0 bridgehead atoms. The summed E-state index contributed by atoms with van der Waals surface area (Å²) < 4.78 is 0. The van der Waals surface area contributed by atoms with Crippen LogP contribution in [0.1, 0.15) is 316 Å². The second kappa shape index (κ2) is 69.5. The van der Waals surface area contributed by atoms with Crippen LogP contribution in [-0.4, -0.2) is 0 Å². The van der Waals surface area contributed by atoms with Crippen LogP contribution in [0.4, 0.5) is 0 Å². The molecule has 724 valence electrons. The first kappa shape index (κ1) is 128. The van der Waals surface area contributed by atoms with E-state index in [1.165, 1.54) is 156 Å². The number of rotatable bonds is 2. The van der Waals surface area contributed by atoms with E-state index >= 15 is 0 Å². The minimum atomic E-state index is -0.190. The zero-order chi connectivity index (χ0) is 102. The van der Waals surface area contributed by atoms with Crippen LogP contribution in [0, 0.1) is 58.9 Å². The summed E-state index contributed by atoms with van der Waals surface area (Å²) in [6, 6.07) is 142. The van der Waals surface area contributed by atoms with Gasteiger partial charge in [-0.1, -0.05) is 520 Å². The number of benzene rings is 16. The molecule has 0 heterocycles. The quantitative estimate of drug-likeness (QED) is 0.151. The second-order valence-electron chi connectivity index (χ2n) is 28.3. The molecule has 6 aliphatic carbocycles. The smallest absolute Gasteiger partial charge is 0.0728 e. The standard InChI is InChI=1S/3C26H18.2C13H10.16C2H6.2Y/c1-17-9-8-13-21-20-12-4-7-16-24(20)26(25(17)21)22-14-5-2-10-18(22)19-11-3-6-15-23(19)26;1-17-14-15-25-21(16-17)20-10-4-7-13-24(20)26(25)22-11-5-2-8-18(22)19-9-3-6-12-23(19)26;1-17-14-15-21-20-10-4-7-13-24(20)26(25(21)16-17)22-11-5-2-8-18(22)19-9-3-6-12-23(19)26;1-11-7-5-6-10-13(11)12-8-3-2-4-9-12;1-11-6-5-9-13(10-11)12-7-3-2-4-8-12;16*1-2;;/h3*2-16H,1H3;2-8H,1H3;2-7,9H,1H3;16*1-2H3;;/q;;;2*-2;;;;;;;;;;;;;;;;;;. The van der Waals surface area contributed by atoms with E-state index in [4.69, 9.17) is 0 Å². The Labute approximate surface area is 895 Å². The molecular weight excluding hydrogens is 1810 g/mol. The second-order valence-corrected chi connectivity index (χ2v) is 28.3. The van der Waals surface area contributed by atoms with Crippen molar-refractivity contribution < 1.29 is 65.4 Å². The van der Waals surface area contributed by atoms with E-state index in [-0.39, 0.29) is 81.7 Å². The molecule has 138 heavy (non-hydrogen) atoms. The predicted octanol–water partition coefficient (Wildman–Crippen LogP) is 42.0. The van der Waals surface area contributed by atoms with Gasteiger partial charge in [-0.15, -0.1) is 29.8 Å². The topological polar surface area (TPSA) is 0 Å². The Morgan fingerprint density at radius 2 is 0.413 bits per heavy atom. The minimum absolute atomic E-state index is 0. The molecule has 0 nitrogen and oxygen atoms in total. The average molecular weight is 1980 g/mol. The summed E-state index contributed by atoms with van der Waals surface area (Å²) in [6.07, 6.45) is 0. The van der Waals surface area contributed by atoms with Crippen LogP contribution in [0.3, 0.4) is 0 Å². The molecule has 0 aromatic heterocycles. The maximum atomic E-state index is 3.29.